The molecule has 1 unspecified atom stereocenters. The van der Waals surface area contributed by atoms with Crippen molar-refractivity contribution in [1.29, 1.82) is 0 Å². The van der Waals surface area contributed by atoms with Crippen LogP contribution in [0.2, 0.25) is 0 Å². The Morgan fingerprint density at radius 1 is 1.02 bits per heavy atom. The fourth-order valence-corrected chi connectivity index (χ4v) is 6.25. The number of hydrogen-bond donors (Lipinski definition) is 1. The minimum atomic E-state index is -5.26. The average Bonchev–Trinajstić information content (AvgIpc) is 2.91. The van der Waals surface area contributed by atoms with Gasteiger partial charge in [-0.15, -0.1) is 0 Å². The van der Waals surface area contributed by atoms with Gasteiger partial charge in [0, 0.05) is 47.6 Å². The first-order chi connectivity index (χ1) is 19.0. The molecule has 4 rings (SSSR count). The maximum Gasteiger partial charge on any atom is 0.418 e. The molecule has 0 saturated carbocycles. The van der Waals surface area contributed by atoms with Gasteiger partial charge in [0.25, 0.3) is 0 Å². The number of ether oxygens (including phenoxy) is 1. The zero-order valence-corrected chi connectivity index (χ0v) is 23.0. The number of likely N-dealkylation sites (tertiary alicyclic amines) is 1. The topological polar surface area (TPSA) is 44.8 Å². The van der Waals surface area contributed by atoms with Gasteiger partial charge in [0.15, 0.2) is 0 Å². The summed E-state index contributed by atoms with van der Waals surface area (Å²) in [6, 6.07) is 9.05. The minimum Gasteiger partial charge on any atom is -0.381 e. The Bertz CT molecular complexity index is 1170. The number of nitrogens with zero attached hydrogens (tertiary/aromatic N) is 2. The van der Waals surface area contributed by atoms with E-state index >= 15 is 0 Å². The number of rotatable bonds is 8. The number of benzene rings is 2. The number of nitrogens with one attached hydrogen (secondary N) is 1. The van der Waals surface area contributed by atoms with Crippen molar-refractivity contribution in [2.45, 2.75) is 60.8 Å². The van der Waals surface area contributed by atoms with Crippen LogP contribution >= 0.6 is 11.8 Å². The number of amides is 1. The van der Waals surface area contributed by atoms with E-state index in [4.69, 9.17) is 4.74 Å². The second-order valence-corrected chi connectivity index (χ2v) is 11.1. The molecule has 2 heterocycles. The van der Waals surface area contributed by atoms with E-state index in [9.17, 15) is 31.1 Å². The molecule has 1 atom stereocenters. The highest BCUT2D eigenvalue weighted by Gasteiger charge is 2.46. The number of halogens is 6. The maximum atomic E-state index is 14.3. The summed E-state index contributed by atoms with van der Waals surface area (Å²) in [6.07, 6.45) is -9.30. The number of anilines is 1. The van der Waals surface area contributed by atoms with Gasteiger partial charge in [-0.05, 0) is 62.2 Å². The van der Waals surface area contributed by atoms with Crippen LogP contribution in [0.5, 0.6) is 0 Å². The Morgan fingerprint density at radius 2 is 1.75 bits per heavy atom. The zero-order chi connectivity index (χ0) is 28.9. The minimum absolute atomic E-state index is 0.177. The number of carbonyl (C=O) groups is 1. The molecule has 5 nitrogen and oxygen atoms in total. The summed E-state index contributed by atoms with van der Waals surface area (Å²) < 4.78 is 90.5. The summed E-state index contributed by atoms with van der Waals surface area (Å²) >= 11 is 0.649. The second kappa shape index (κ2) is 13.0. The van der Waals surface area contributed by atoms with E-state index in [1.807, 2.05) is 0 Å². The van der Waals surface area contributed by atoms with Crippen LogP contribution in [-0.4, -0.2) is 67.7 Å². The Labute approximate surface area is 234 Å². The van der Waals surface area contributed by atoms with E-state index in [1.54, 1.807) is 24.3 Å². The number of alkyl halides is 6. The summed E-state index contributed by atoms with van der Waals surface area (Å²) in [7, 11) is 0. The Morgan fingerprint density at radius 3 is 2.42 bits per heavy atom. The molecule has 0 aromatic heterocycles. The molecule has 2 fully saturated rings. The third-order valence-corrected chi connectivity index (χ3v) is 8.23. The molecule has 2 aliphatic heterocycles. The summed E-state index contributed by atoms with van der Waals surface area (Å²) in [5.41, 5.74) is -3.28. The van der Waals surface area contributed by atoms with Crippen LogP contribution in [0.4, 0.5) is 32.0 Å². The lowest BCUT2D eigenvalue weighted by Crippen LogP contribution is -2.41. The number of likely N-dealkylation sites (N-methyl/N-ethyl adjacent to an activating group) is 1. The van der Waals surface area contributed by atoms with Crippen LogP contribution in [0.15, 0.2) is 46.2 Å². The largest absolute Gasteiger partial charge is 0.418 e. The van der Waals surface area contributed by atoms with Gasteiger partial charge in [-0.1, -0.05) is 30.8 Å². The van der Waals surface area contributed by atoms with Crippen molar-refractivity contribution in [2.24, 2.45) is 0 Å². The third-order valence-electron chi connectivity index (χ3n) is 7.18. The number of aryl methyl sites for hydroxylation is 1. The monoisotopic (exact) mass is 589 g/mol. The average molecular weight is 590 g/mol. The van der Waals surface area contributed by atoms with Crippen molar-refractivity contribution in [3.8, 4) is 0 Å². The van der Waals surface area contributed by atoms with Crippen molar-refractivity contribution >= 4 is 23.4 Å². The summed E-state index contributed by atoms with van der Waals surface area (Å²) in [4.78, 5) is 16.1. The Kier molecular flexibility index (Phi) is 9.94. The van der Waals surface area contributed by atoms with Crippen LogP contribution < -0.4 is 5.32 Å². The van der Waals surface area contributed by atoms with Crippen molar-refractivity contribution in [1.82, 2.24) is 9.80 Å². The van der Waals surface area contributed by atoms with Gasteiger partial charge in [-0.25, -0.2) is 0 Å². The first-order valence-corrected chi connectivity index (χ1v) is 14.2. The molecule has 12 heteroatoms. The van der Waals surface area contributed by atoms with Crippen LogP contribution in [0.3, 0.4) is 0 Å². The summed E-state index contributed by atoms with van der Waals surface area (Å²) in [6.45, 7) is 6.12. The van der Waals surface area contributed by atoms with Gasteiger partial charge >= 0.3 is 12.4 Å². The van der Waals surface area contributed by atoms with E-state index in [0.29, 0.717) is 48.6 Å². The lowest BCUT2D eigenvalue weighted by Gasteiger charge is -2.32. The Balaban J connectivity index is 1.59. The van der Waals surface area contributed by atoms with Gasteiger partial charge < -0.3 is 19.9 Å². The normalized spacial score (nSPS) is 19.1. The molecule has 2 aromatic carbocycles. The molecule has 2 aliphatic rings. The molecule has 0 aliphatic carbocycles. The highest BCUT2D eigenvalue weighted by molar-refractivity contribution is 7.99. The maximum absolute atomic E-state index is 14.3. The van der Waals surface area contributed by atoms with E-state index in [0.717, 1.165) is 44.6 Å². The lowest BCUT2D eigenvalue weighted by atomic mass is 9.96. The Hall–Kier alpha value is -2.44. The fourth-order valence-electron chi connectivity index (χ4n) is 5.21. The molecule has 0 bridgehead atoms. The number of hydrogen-bond acceptors (Lipinski definition) is 5. The lowest BCUT2D eigenvalue weighted by molar-refractivity contribution is -0.164. The van der Waals surface area contributed by atoms with Crippen molar-refractivity contribution in [3.05, 3.63) is 53.1 Å². The van der Waals surface area contributed by atoms with Crippen LogP contribution in [0.25, 0.3) is 0 Å². The summed E-state index contributed by atoms with van der Waals surface area (Å²) in [5.74, 6) is -0.409. The van der Waals surface area contributed by atoms with Crippen molar-refractivity contribution < 1.29 is 35.9 Å². The molecular formula is C28H33F6N3O2S. The first kappa shape index (κ1) is 30.5. The van der Waals surface area contributed by atoms with Crippen LogP contribution in [-0.2, 0) is 28.3 Å². The predicted molar refractivity (Wildman–Crippen MR) is 141 cm³/mol. The molecule has 220 valence electrons. The predicted octanol–water partition coefficient (Wildman–Crippen LogP) is 6.56. The van der Waals surface area contributed by atoms with Gasteiger partial charge in [-0.2, -0.15) is 26.3 Å². The molecule has 1 N–H and O–H groups in total. The fraction of sp³-hybridized carbons (Fsp3) is 0.536. The standard InChI is InChI=1S/C28H33F6N3O2S/c1-2-36-12-4-6-21(18-36)35-20-5-3-7-22(17-20)40-23-10-8-19(9-11-24(38)37-13-15-39-16-14-37)25(27(29,30)31)26(23)28(32,33)34/h3,5,7-8,10,17,21,35H,2,4,6,9,11-16,18H2,1H3. The van der Waals surface area contributed by atoms with Gasteiger partial charge in [0.05, 0.1) is 24.3 Å². The van der Waals surface area contributed by atoms with Gasteiger partial charge in [-0.3, -0.25) is 4.79 Å². The SMILES string of the molecule is CCN1CCCC(Nc2cccc(Sc3ccc(CCC(=O)N4CCOCC4)c(C(F)(F)F)c3C(F)(F)F)c2)C1. The van der Waals surface area contributed by atoms with Crippen LogP contribution in [0.1, 0.15) is 42.9 Å². The summed E-state index contributed by atoms with van der Waals surface area (Å²) in [5, 5.41) is 3.41. The molecular weight excluding hydrogens is 556 g/mol. The highest BCUT2D eigenvalue weighted by atomic mass is 32.2. The molecule has 0 radical (unpaired) electrons. The van der Waals surface area contributed by atoms with Gasteiger partial charge in [0.1, 0.15) is 0 Å². The zero-order valence-electron chi connectivity index (χ0n) is 22.2. The highest BCUT2D eigenvalue weighted by Crippen LogP contribution is 2.48. The second-order valence-electron chi connectivity index (χ2n) is 9.97. The number of piperidine rings is 1. The molecule has 2 aromatic rings. The van der Waals surface area contributed by atoms with Gasteiger partial charge in [0.2, 0.25) is 5.91 Å². The molecule has 40 heavy (non-hydrogen) atoms. The smallest absolute Gasteiger partial charge is 0.381 e. The quantitative estimate of drug-likeness (QED) is 0.354. The molecule has 1 amide bonds. The molecule has 0 spiro atoms. The van der Waals surface area contributed by atoms with Crippen molar-refractivity contribution in [2.75, 3.05) is 51.3 Å². The van der Waals surface area contributed by atoms with Crippen LogP contribution in [0, 0.1) is 0 Å². The van der Waals surface area contributed by atoms with E-state index in [2.05, 4.69) is 17.1 Å². The third kappa shape index (κ3) is 7.85. The van der Waals surface area contributed by atoms with E-state index in [1.165, 1.54) is 4.90 Å². The number of morpholine rings is 1. The van der Waals surface area contributed by atoms with E-state index < -0.39 is 46.3 Å². The first-order valence-electron chi connectivity index (χ1n) is 13.4. The van der Waals surface area contributed by atoms with Crippen molar-refractivity contribution in [3.63, 3.8) is 0 Å². The molecule has 2 saturated heterocycles. The number of carbonyl (C=O) groups excluding carboxylic acids is 1. The van der Waals surface area contributed by atoms with E-state index in [-0.39, 0.29) is 12.5 Å².